The molecule has 4 nitrogen and oxygen atoms in total. The van der Waals surface area contributed by atoms with Crippen LogP contribution in [-0.4, -0.2) is 20.4 Å². The third kappa shape index (κ3) is 1.41. The predicted octanol–water partition coefficient (Wildman–Crippen LogP) is 1.65. The lowest BCUT2D eigenvalue weighted by atomic mass is 10.4. The molecule has 0 aliphatic carbocycles. The quantitative estimate of drug-likeness (QED) is 0.699. The first-order chi connectivity index (χ1) is 5.86. The molecule has 2 heterocycles. The number of hydrogen-bond acceptors (Lipinski definition) is 5. The molecule has 0 atom stereocenters. The van der Waals surface area contributed by atoms with Crippen molar-refractivity contribution >= 4 is 22.9 Å². The Kier molecular flexibility index (Phi) is 1.97. The lowest BCUT2D eigenvalue weighted by Gasteiger charge is -1.88. The van der Waals surface area contributed by atoms with Crippen LogP contribution in [-0.2, 0) is 0 Å². The van der Waals surface area contributed by atoms with E-state index < -0.39 is 0 Å². The van der Waals surface area contributed by atoms with Crippen molar-refractivity contribution in [1.82, 2.24) is 20.4 Å². The molecule has 0 saturated carbocycles. The molecular weight excluding hydrogens is 196 g/mol. The average Bonchev–Trinajstić information content (AvgIpc) is 2.54. The summed E-state index contributed by atoms with van der Waals surface area (Å²) in [6.07, 6.45) is 1.29. The Morgan fingerprint density at radius 3 is 2.50 bits per heavy atom. The van der Waals surface area contributed by atoms with E-state index in [1.54, 1.807) is 6.07 Å². The molecule has 2 aromatic rings. The molecule has 0 radical (unpaired) electrons. The summed E-state index contributed by atoms with van der Waals surface area (Å²) in [5, 5.41) is 14.8. The second kappa shape index (κ2) is 3.12. The number of aromatic nitrogens is 4. The highest BCUT2D eigenvalue weighted by molar-refractivity contribution is 7.19. The third-order valence-electron chi connectivity index (χ3n) is 1.20. The molecule has 0 aliphatic heterocycles. The number of thiophene rings is 1. The fourth-order valence-electron chi connectivity index (χ4n) is 0.737. The zero-order valence-electron chi connectivity index (χ0n) is 5.81. The number of hydrogen-bond donors (Lipinski definition) is 0. The van der Waals surface area contributed by atoms with Gasteiger partial charge < -0.3 is 0 Å². The van der Waals surface area contributed by atoms with Crippen molar-refractivity contribution in [1.29, 1.82) is 0 Å². The van der Waals surface area contributed by atoms with Crippen molar-refractivity contribution in [3.63, 3.8) is 0 Å². The average molecular weight is 199 g/mol. The highest BCUT2D eigenvalue weighted by Gasteiger charge is 2.03. The van der Waals surface area contributed by atoms with Gasteiger partial charge >= 0.3 is 0 Å². The van der Waals surface area contributed by atoms with Crippen molar-refractivity contribution in [2.45, 2.75) is 0 Å². The Balaban J connectivity index is 2.45. The summed E-state index contributed by atoms with van der Waals surface area (Å²) in [7, 11) is 0. The monoisotopic (exact) mass is 198 g/mol. The van der Waals surface area contributed by atoms with Crippen LogP contribution < -0.4 is 0 Å². The smallest absolute Gasteiger partial charge is 0.135 e. The molecule has 60 valence electrons. The maximum Gasteiger partial charge on any atom is 0.213 e. The molecule has 12 heavy (non-hydrogen) atoms. The Labute approximate surface area is 77.2 Å². The lowest BCUT2D eigenvalue weighted by molar-refractivity contribution is 0.867. The number of nitrogens with zero attached hydrogens (tertiary/aromatic N) is 4. The van der Waals surface area contributed by atoms with Crippen LogP contribution in [0.4, 0.5) is 0 Å². The Morgan fingerprint density at radius 1 is 1.17 bits per heavy atom. The van der Waals surface area contributed by atoms with E-state index in [1.807, 2.05) is 6.07 Å². The SMILES string of the molecule is Clc1ccc(-c2nncnn2)s1. The van der Waals surface area contributed by atoms with Gasteiger partial charge in [-0.25, -0.2) is 0 Å². The summed E-state index contributed by atoms with van der Waals surface area (Å²) < 4.78 is 0.706. The summed E-state index contributed by atoms with van der Waals surface area (Å²) in [6.45, 7) is 0. The standard InChI is InChI=1S/C6H3ClN4S/c7-5-2-1-4(12-5)6-10-8-3-9-11-6/h1-3H. The largest absolute Gasteiger partial charge is 0.213 e. The van der Waals surface area contributed by atoms with Crippen molar-refractivity contribution in [3.05, 3.63) is 22.8 Å². The van der Waals surface area contributed by atoms with Gasteiger partial charge in [-0.15, -0.1) is 31.7 Å². The normalized spacial score (nSPS) is 10.1. The molecule has 0 unspecified atom stereocenters. The fraction of sp³-hybridized carbons (Fsp3) is 0. The molecule has 0 saturated heterocycles. The molecule has 2 aromatic heterocycles. The molecule has 0 amide bonds. The van der Waals surface area contributed by atoms with E-state index in [9.17, 15) is 0 Å². The van der Waals surface area contributed by atoms with Crippen LogP contribution in [0.3, 0.4) is 0 Å². The fourth-order valence-corrected chi connectivity index (χ4v) is 1.70. The van der Waals surface area contributed by atoms with Crippen LogP contribution in [0.15, 0.2) is 18.5 Å². The summed E-state index contributed by atoms with van der Waals surface area (Å²) in [5.41, 5.74) is 0. The minimum absolute atomic E-state index is 0.509. The van der Waals surface area contributed by atoms with Gasteiger partial charge in [0.15, 0.2) is 6.33 Å². The first-order valence-corrected chi connectivity index (χ1v) is 4.32. The number of halogens is 1. The second-order valence-electron chi connectivity index (χ2n) is 1.97. The molecule has 0 fully saturated rings. The predicted molar refractivity (Wildman–Crippen MR) is 45.9 cm³/mol. The maximum absolute atomic E-state index is 5.73. The molecule has 0 N–H and O–H groups in total. The van der Waals surface area contributed by atoms with Crippen LogP contribution in [0, 0.1) is 0 Å². The minimum atomic E-state index is 0.509. The molecule has 2 rings (SSSR count). The van der Waals surface area contributed by atoms with Gasteiger partial charge in [-0.05, 0) is 12.1 Å². The number of rotatable bonds is 1. The van der Waals surface area contributed by atoms with Gasteiger partial charge in [0, 0.05) is 0 Å². The first kappa shape index (κ1) is 7.57. The van der Waals surface area contributed by atoms with Crippen LogP contribution >= 0.6 is 22.9 Å². The zero-order chi connectivity index (χ0) is 8.39. The molecule has 0 bridgehead atoms. The molecule has 6 heteroatoms. The van der Waals surface area contributed by atoms with Gasteiger partial charge in [0.25, 0.3) is 0 Å². The van der Waals surface area contributed by atoms with E-state index in [0.29, 0.717) is 10.2 Å². The third-order valence-corrected chi connectivity index (χ3v) is 2.43. The highest BCUT2D eigenvalue weighted by atomic mass is 35.5. The summed E-state index contributed by atoms with van der Waals surface area (Å²) in [6, 6.07) is 3.63. The first-order valence-electron chi connectivity index (χ1n) is 3.12. The van der Waals surface area contributed by atoms with Gasteiger partial charge in [0.05, 0.1) is 9.21 Å². The van der Waals surface area contributed by atoms with E-state index in [1.165, 1.54) is 17.7 Å². The van der Waals surface area contributed by atoms with Gasteiger partial charge in [0.1, 0.15) is 0 Å². The molecule has 0 aliphatic rings. The van der Waals surface area contributed by atoms with E-state index >= 15 is 0 Å². The van der Waals surface area contributed by atoms with Crippen LogP contribution in [0.5, 0.6) is 0 Å². The van der Waals surface area contributed by atoms with E-state index in [4.69, 9.17) is 11.6 Å². The van der Waals surface area contributed by atoms with Crippen LogP contribution in [0.25, 0.3) is 10.7 Å². The topological polar surface area (TPSA) is 51.6 Å². The Morgan fingerprint density at radius 2 is 1.92 bits per heavy atom. The summed E-state index contributed by atoms with van der Waals surface area (Å²) in [4.78, 5) is 0.876. The van der Waals surface area contributed by atoms with Crippen LogP contribution in [0.2, 0.25) is 4.34 Å². The van der Waals surface area contributed by atoms with E-state index in [2.05, 4.69) is 20.4 Å². The maximum atomic E-state index is 5.73. The van der Waals surface area contributed by atoms with Crippen molar-refractivity contribution in [2.75, 3.05) is 0 Å². The highest BCUT2D eigenvalue weighted by Crippen LogP contribution is 2.27. The Bertz CT molecular complexity index is 374. The van der Waals surface area contributed by atoms with Gasteiger partial charge in [-0.1, -0.05) is 11.6 Å². The summed E-state index contributed by atoms with van der Waals surface area (Å²) in [5.74, 6) is 0.509. The van der Waals surface area contributed by atoms with E-state index in [0.717, 1.165) is 4.88 Å². The van der Waals surface area contributed by atoms with Gasteiger partial charge in [-0.2, -0.15) is 0 Å². The van der Waals surface area contributed by atoms with Crippen molar-refractivity contribution in [3.8, 4) is 10.7 Å². The lowest BCUT2D eigenvalue weighted by Crippen LogP contribution is -1.91. The van der Waals surface area contributed by atoms with Crippen molar-refractivity contribution in [2.24, 2.45) is 0 Å². The molecular formula is C6H3ClN4S. The Hall–Kier alpha value is -1.07. The van der Waals surface area contributed by atoms with E-state index in [-0.39, 0.29) is 0 Å². The molecule has 0 aromatic carbocycles. The summed E-state index contributed by atoms with van der Waals surface area (Å²) >= 11 is 7.13. The van der Waals surface area contributed by atoms with Gasteiger partial charge in [0.2, 0.25) is 5.82 Å². The second-order valence-corrected chi connectivity index (χ2v) is 3.69. The zero-order valence-corrected chi connectivity index (χ0v) is 7.38. The molecule has 0 spiro atoms. The van der Waals surface area contributed by atoms with Gasteiger partial charge in [-0.3, -0.25) is 0 Å². The van der Waals surface area contributed by atoms with Crippen molar-refractivity contribution < 1.29 is 0 Å². The minimum Gasteiger partial charge on any atom is -0.135 e. The van der Waals surface area contributed by atoms with Crippen LogP contribution in [0.1, 0.15) is 0 Å².